The first-order chi connectivity index (χ1) is 9.10. The minimum atomic E-state index is -0.567. The Morgan fingerprint density at radius 2 is 2.00 bits per heavy atom. The van der Waals surface area contributed by atoms with E-state index < -0.39 is 17.5 Å². The number of carbonyl (C=O) groups excluding carboxylic acids is 1. The second-order valence-electron chi connectivity index (χ2n) is 5.74. The van der Waals surface area contributed by atoms with E-state index >= 15 is 0 Å². The fourth-order valence-corrected chi connectivity index (χ4v) is 1.71. The molecule has 112 valence electrons. The average molecular weight is 283 g/mol. The summed E-state index contributed by atoms with van der Waals surface area (Å²) in [5, 5.41) is 2.62. The maximum absolute atomic E-state index is 13.4. The standard InChI is InChI=1S/C14H22FN3O2/c1-14(2,3)20-13(19)17-8-10-11(16)6-9(15)7-12(10)18(4)5/h6-7H,8,16H2,1-5H3,(H,17,19). The van der Waals surface area contributed by atoms with E-state index in [-0.39, 0.29) is 6.54 Å². The van der Waals surface area contributed by atoms with Crippen LogP contribution in [0.15, 0.2) is 12.1 Å². The van der Waals surface area contributed by atoms with E-state index in [4.69, 9.17) is 10.5 Å². The Labute approximate surface area is 118 Å². The molecule has 0 heterocycles. The van der Waals surface area contributed by atoms with Crippen molar-refractivity contribution in [3.8, 4) is 0 Å². The quantitative estimate of drug-likeness (QED) is 0.836. The molecule has 20 heavy (non-hydrogen) atoms. The van der Waals surface area contributed by atoms with Crippen molar-refractivity contribution in [2.45, 2.75) is 32.9 Å². The minimum absolute atomic E-state index is 0.175. The molecular formula is C14H22FN3O2. The zero-order valence-corrected chi connectivity index (χ0v) is 12.6. The Kier molecular flexibility index (Phi) is 4.81. The smallest absolute Gasteiger partial charge is 0.407 e. The van der Waals surface area contributed by atoms with Crippen LogP contribution in [-0.4, -0.2) is 25.8 Å². The van der Waals surface area contributed by atoms with E-state index in [1.807, 2.05) is 0 Å². The van der Waals surface area contributed by atoms with Crippen molar-refractivity contribution in [3.63, 3.8) is 0 Å². The van der Waals surface area contributed by atoms with E-state index in [1.54, 1.807) is 39.8 Å². The molecule has 0 unspecified atom stereocenters. The average Bonchev–Trinajstić information content (AvgIpc) is 2.24. The molecular weight excluding hydrogens is 261 g/mol. The Morgan fingerprint density at radius 3 is 2.50 bits per heavy atom. The number of nitrogens with one attached hydrogen (secondary N) is 1. The lowest BCUT2D eigenvalue weighted by Gasteiger charge is -2.22. The monoisotopic (exact) mass is 283 g/mol. The summed E-state index contributed by atoms with van der Waals surface area (Å²) in [5.74, 6) is -0.410. The molecule has 0 aliphatic rings. The maximum atomic E-state index is 13.4. The summed E-state index contributed by atoms with van der Waals surface area (Å²) in [5.41, 5.74) is 6.82. The fourth-order valence-electron chi connectivity index (χ4n) is 1.71. The summed E-state index contributed by atoms with van der Waals surface area (Å²) in [6.45, 7) is 5.52. The maximum Gasteiger partial charge on any atom is 0.407 e. The van der Waals surface area contributed by atoms with E-state index in [0.717, 1.165) is 0 Å². The van der Waals surface area contributed by atoms with Gasteiger partial charge >= 0.3 is 6.09 Å². The first kappa shape index (κ1) is 16.1. The van der Waals surface area contributed by atoms with Crippen LogP contribution in [0, 0.1) is 5.82 Å². The van der Waals surface area contributed by atoms with E-state index in [9.17, 15) is 9.18 Å². The highest BCUT2D eigenvalue weighted by atomic mass is 19.1. The molecule has 0 saturated heterocycles. The number of nitrogen functional groups attached to an aromatic ring is 1. The van der Waals surface area contributed by atoms with Gasteiger partial charge in [-0.05, 0) is 32.9 Å². The predicted molar refractivity (Wildman–Crippen MR) is 78.2 cm³/mol. The van der Waals surface area contributed by atoms with E-state index in [2.05, 4.69) is 5.32 Å². The molecule has 1 amide bonds. The van der Waals surface area contributed by atoms with Crippen LogP contribution in [0.25, 0.3) is 0 Å². The number of amides is 1. The van der Waals surface area contributed by atoms with Crippen molar-refractivity contribution in [2.75, 3.05) is 24.7 Å². The van der Waals surface area contributed by atoms with E-state index in [1.165, 1.54) is 12.1 Å². The lowest BCUT2D eigenvalue weighted by Crippen LogP contribution is -2.32. The molecule has 5 nitrogen and oxygen atoms in total. The van der Waals surface area contributed by atoms with Crippen LogP contribution in [0.4, 0.5) is 20.6 Å². The molecule has 0 fully saturated rings. The Balaban J connectivity index is 2.85. The number of halogens is 1. The van der Waals surface area contributed by atoms with Crippen LogP contribution in [0.3, 0.4) is 0 Å². The normalized spacial score (nSPS) is 11.1. The van der Waals surface area contributed by atoms with Crippen molar-refractivity contribution in [1.29, 1.82) is 0 Å². The van der Waals surface area contributed by atoms with Crippen LogP contribution < -0.4 is 16.0 Å². The second-order valence-corrected chi connectivity index (χ2v) is 5.74. The third-order valence-electron chi connectivity index (χ3n) is 2.52. The summed E-state index contributed by atoms with van der Waals surface area (Å²) < 4.78 is 18.5. The fraction of sp³-hybridized carbons (Fsp3) is 0.500. The number of hydrogen-bond acceptors (Lipinski definition) is 4. The highest BCUT2D eigenvalue weighted by Gasteiger charge is 2.17. The van der Waals surface area contributed by atoms with Crippen LogP contribution in [-0.2, 0) is 11.3 Å². The van der Waals surface area contributed by atoms with Gasteiger partial charge in [-0.2, -0.15) is 0 Å². The van der Waals surface area contributed by atoms with Gasteiger partial charge in [-0.3, -0.25) is 0 Å². The third kappa shape index (κ3) is 4.60. The lowest BCUT2D eigenvalue weighted by molar-refractivity contribution is 0.0524. The molecule has 1 aromatic carbocycles. The van der Waals surface area contributed by atoms with Crippen LogP contribution in [0.5, 0.6) is 0 Å². The zero-order chi connectivity index (χ0) is 15.5. The number of nitrogens with two attached hydrogens (primary N) is 1. The first-order valence-corrected chi connectivity index (χ1v) is 6.32. The number of benzene rings is 1. The number of alkyl carbamates (subject to hydrolysis) is 1. The highest BCUT2D eigenvalue weighted by Crippen LogP contribution is 2.26. The van der Waals surface area contributed by atoms with Gasteiger partial charge in [-0.25, -0.2) is 9.18 Å². The SMILES string of the molecule is CN(C)c1cc(F)cc(N)c1CNC(=O)OC(C)(C)C. The second kappa shape index (κ2) is 5.98. The van der Waals surface area contributed by atoms with Gasteiger partial charge in [0.05, 0.1) is 6.54 Å². The van der Waals surface area contributed by atoms with Crippen molar-refractivity contribution in [2.24, 2.45) is 0 Å². The van der Waals surface area contributed by atoms with Crippen molar-refractivity contribution >= 4 is 17.5 Å². The topological polar surface area (TPSA) is 67.6 Å². The Hall–Kier alpha value is -1.98. The van der Waals surface area contributed by atoms with Gasteiger partial charge in [-0.15, -0.1) is 0 Å². The van der Waals surface area contributed by atoms with Gasteiger partial charge < -0.3 is 20.7 Å². The number of hydrogen-bond donors (Lipinski definition) is 2. The molecule has 0 aromatic heterocycles. The molecule has 3 N–H and O–H groups in total. The Bertz CT molecular complexity index is 496. The summed E-state index contributed by atoms with van der Waals surface area (Å²) in [4.78, 5) is 13.4. The lowest BCUT2D eigenvalue weighted by atomic mass is 10.1. The summed E-state index contributed by atoms with van der Waals surface area (Å²) in [6.07, 6.45) is -0.536. The largest absolute Gasteiger partial charge is 0.444 e. The number of nitrogens with zero attached hydrogens (tertiary/aromatic N) is 1. The molecule has 0 aliphatic carbocycles. The number of anilines is 2. The van der Waals surface area contributed by atoms with Gasteiger partial charge in [0.25, 0.3) is 0 Å². The summed E-state index contributed by atoms with van der Waals surface area (Å²) >= 11 is 0. The molecule has 0 aliphatic heterocycles. The van der Waals surface area contributed by atoms with E-state index in [0.29, 0.717) is 16.9 Å². The number of ether oxygens (including phenoxy) is 1. The molecule has 6 heteroatoms. The molecule has 0 atom stereocenters. The van der Waals surface area contributed by atoms with Crippen LogP contribution in [0.2, 0.25) is 0 Å². The predicted octanol–water partition coefficient (Wildman–Crippen LogP) is 2.50. The third-order valence-corrected chi connectivity index (χ3v) is 2.52. The van der Waals surface area contributed by atoms with Gasteiger partial charge in [-0.1, -0.05) is 0 Å². The molecule has 0 radical (unpaired) electrons. The molecule has 0 saturated carbocycles. The molecule has 0 spiro atoms. The summed E-state index contributed by atoms with van der Waals surface area (Å²) in [7, 11) is 3.57. The van der Waals surface area contributed by atoms with Crippen molar-refractivity contribution in [3.05, 3.63) is 23.5 Å². The van der Waals surface area contributed by atoms with Crippen molar-refractivity contribution in [1.82, 2.24) is 5.32 Å². The highest BCUT2D eigenvalue weighted by molar-refractivity contribution is 5.70. The van der Waals surface area contributed by atoms with Gasteiger partial charge in [0.1, 0.15) is 11.4 Å². The van der Waals surface area contributed by atoms with Gasteiger partial charge in [0.2, 0.25) is 0 Å². The van der Waals surface area contributed by atoms with Gasteiger partial charge in [0.15, 0.2) is 0 Å². The molecule has 0 bridgehead atoms. The zero-order valence-electron chi connectivity index (χ0n) is 12.6. The first-order valence-electron chi connectivity index (χ1n) is 6.32. The minimum Gasteiger partial charge on any atom is -0.444 e. The van der Waals surface area contributed by atoms with Crippen molar-refractivity contribution < 1.29 is 13.9 Å². The number of carbonyl (C=O) groups is 1. The molecule has 1 aromatic rings. The van der Waals surface area contributed by atoms with Gasteiger partial charge in [0, 0.05) is 31.0 Å². The molecule has 1 rings (SSSR count). The van der Waals surface area contributed by atoms with Crippen LogP contribution >= 0.6 is 0 Å². The van der Waals surface area contributed by atoms with Crippen LogP contribution in [0.1, 0.15) is 26.3 Å². The Morgan fingerprint density at radius 1 is 1.40 bits per heavy atom. The summed E-state index contributed by atoms with van der Waals surface area (Å²) in [6, 6.07) is 2.61. The number of rotatable bonds is 3.